The number of carbonyl (C=O) groups is 2. The predicted molar refractivity (Wildman–Crippen MR) is 120 cm³/mol. The van der Waals surface area contributed by atoms with E-state index in [4.69, 9.17) is 0 Å². The van der Waals surface area contributed by atoms with Crippen LogP contribution in [-0.2, 0) is 22.6 Å². The monoisotopic (exact) mass is 418 g/mol. The molecule has 0 spiro atoms. The zero-order chi connectivity index (χ0) is 22.1. The molecule has 0 aliphatic rings. The molecule has 0 aliphatic carbocycles. The molecule has 0 unspecified atom stereocenters. The van der Waals surface area contributed by atoms with E-state index in [9.17, 15) is 14.0 Å². The summed E-state index contributed by atoms with van der Waals surface area (Å²) in [6, 6.07) is 24.3. The number of benzene rings is 3. The SMILES string of the molecule is CCNC(=O)[C@@H](c1ccccc1)N(Cc1ccc(F)cc1)C(=O)CCc1ccccc1. The first-order valence-electron chi connectivity index (χ1n) is 10.5. The lowest BCUT2D eigenvalue weighted by Crippen LogP contribution is -2.43. The molecule has 3 rings (SSSR count). The van der Waals surface area contributed by atoms with Gasteiger partial charge in [0.1, 0.15) is 11.9 Å². The van der Waals surface area contributed by atoms with Crippen LogP contribution in [0.2, 0.25) is 0 Å². The number of nitrogens with zero attached hydrogens (tertiary/aromatic N) is 1. The van der Waals surface area contributed by atoms with E-state index in [2.05, 4.69) is 5.32 Å². The van der Waals surface area contributed by atoms with Gasteiger partial charge < -0.3 is 10.2 Å². The van der Waals surface area contributed by atoms with Crippen LogP contribution >= 0.6 is 0 Å². The van der Waals surface area contributed by atoms with Crippen molar-refractivity contribution in [3.05, 3.63) is 107 Å². The van der Waals surface area contributed by atoms with Crippen LogP contribution in [0.5, 0.6) is 0 Å². The second kappa shape index (κ2) is 11.1. The van der Waals surface area contributed by atoms with Crippen LogP contribution < -0.4 is 5.32 Å². The Morgan fingerprint density at radius 2 is 1.48 bits per heavy atom. The Morgan fingerprint density at radius 3 is 2.10 bits per heavy atom. The third-order valence-corrected chi connectivity index (χ3v) is 5.08. The number of carbonyl (C=O) groups excluding carboxylic acids is 2. The zero-order valence-electron chi connectivity index (χ0n) is 17.6. The summed E-state index contributed by atoms with van der Waals surface area (Å²) in [4.78, 5) is 28.0. The molecule has 0 radical (unpaired) electrons. The van der Waals surface area contributed by atoms with E-state index >= 15 is 0 Å². The van der Waals surface area contributed by atoms with Crippen molar-refractivity contribution in [2.45, 2.75) is 32.4 Å². The largest absolute Gasteiger partial charge is 0.354 e. The maximum Gasteiger partial charge on any atom is 0.247 e. The molecule has 31 heavy (non-hydrogen) atoms. The highest BCUT2D eigenvalue weighted by Crippen LogP contribution is 2.25. The van der Waals surface area contributed by atoms with Gasteiger partial charge in [-0.05, 0) is 42.2 Å². The van der Waals surface area contributed by atoms with Gasteiger partial charge in [-0.3, -0.25) is 9.59 Å². The molecule has 3 aromatic carbocycles. The first-order valence-corrected chi connectivity index (χ1v) is 10.5. The highest BCUT2D eigenvalue weighted by atomic mass is 19.1. The van der Waals surface area contributed by atoms with Crippen molar-refractivity contribution in [1.82, 2.24) is 10.2 Å². The van der Waals surface area contributed by atoms with E-state index in [1.165, 1.54) is 12.1 Å². The summed E-state index contributed by atoms with van der Waals surface area (Å²) in [5.41, 5.74) is 2.56. The van der Waals surface area contributed by atoms with E-state index in [1.807, 2.05) is 67.6 Å². The van der Waals surface area contributed by atoms with Crippen molar-refractivity contribution in [1.29, 1.82) is 0 Å². The molecule has 160 valence electrons. The van der Waals surface area contributed by atoms with E-state index in [0.717, 1.165) is 16.7 Å². The van der Waals surface area contributed by atoms with Gasteiger partial charge >= 0.3 is 0 Å². The Hall–Kier alpha value is -3.47. The summed E-state index contributed by atoms with van der Waals surface area (Å²) in [5.74, 6) is -0.703. The second-order valence-electron chi connectivity index (χ2n) is 7.34. The molecule has 5 heteroatoms. The third kappa shape index (κ3) is 6.25. The van der Waals surface area contributed by atoms with Gasteiger partial charge in [0.15, 0.2) is 0 Å². The van der Waals surface area contributed by atoms with Gasteiger partial charge in [-0.25, -0.2) is 4.39 Å². The summed E-state index contributed by atoms with van der Waals surface area (Å²) in [6.07, 6.45) is 0.852. The molecule has 2 amide bonds. The number of amides is 2. The van der Waals surface area contributed by atoms with Crippen molar-refractivity contribution in [3.63, 3.8) is 0 Å². The van der Waals surface area contributed by atoms with Gasteiger partial charge in [-0.2, -0.15) is 0 Å². The minimum Gasteiger partial charge on any atom is -0.354 e. The Labute approximate surface area is 182 Å². The number of likely N-dealkylation sites (N-methyl/N-ethyl adjacent to an activating group) is 1. The second-order valence-corrected chi connectivity index (χ2v) is 7.34. The molecule has 1 atom stereocenters. The van der Waals surface area contributed by atoms with Crippen LogP contribution in [0.25, 0.3) is 0 Å². The number of halogens is 1. The Kier molecular flexibility index (Phi) is 7.93. The fraction of sp³-hybridized carbons (Fsp3) is 0.231. The number of rotatable bonds is 9. The van der Waals surface area contributed by atoms with Crippen molar-refractivity contribution in [2.24, 2.45) is 0 Å². The van der Waals surface area contributed by atoms with Crippen LogP contribution in [0.4, 0.5) is 4.39 Å². The van der Waals surface area contributed by atoms with Crippen LogP contribution in [0.1, 0.15) is 36.1 Å². The molecule has 0 aromatic heterocycles. The predicted octanol–water partition coefficient (Wildman–Crippen LogP) is 4.66. The molecule has 0 aliphatic heterocycles. The normalized spacial score (nSPS) is 11.5. The molecule has 0 heterocycles. The summed E-state index contributed by atoms with van der Waals surface area (Å²) >= 11 is 0. The maximum absolute atomic E-state index is 13.4. The first-order chi connectivity index (χ1) is 15.1. The van der Waals surface area contributed by atoms with Gasteiger partial charge in [0.05, 0.1) is 0 Å². The van der Waals surface area contributed by atoms with E-state index in [0.29, 0.717) is 13.0 Å². The van der Waals surface area contributed by atoms with Gasteiger partial charge in [-0.1, -0.05) is 72.8 Å². The molecule has 1 N–H and O–H groups in total. The Balaban J connectivity index is 1.91. The average molecular weight is 419 g/mol. The number of hydrogen-bond donors (Lipinski definition) is 1. The van der Waals surface area contributed by atoms with Crippen molar-refractivity contribution in [2.75, 3.05) is 6.54 Å². The van der Waals surface area contributed by atoms with Crippen LogP contribution in [0.15, 0.2) is 84.9 Å². The zero-order valence-corrected chi connectivity index (χ0v) is 17.6. The minimum absolute atomic E-state index is 0.131. The number of nitrogens with one attached hydrogen (secondary N) is 1. The summed E-state index contributed by atoms with van der Waals surface area (Å²) in [5, 5.41) is 2.86. The summed E-state index contributed by atoms with van der Waals surface area (Å²) < 4.78 is 13.4. The average Bonchev–Trinajstić information content (AvgIpc) is 2.80. The molecule has 3 aromatic rings. The lowest BCUT2D eigenvalue weighted by molar-refractivity contribution is -0.141. The topological polar surface area (TPSA) is 49.4 Å². The van der Waals surface area contributed by atoms with E-state index < -0.39 is 6.04 Å². The van der Waals surface area contributed by atoms with E-state index in [1.54, 1.807) is 17.0 Å². The van der Waals surface area contributed by atoms with E-state index in [-0.39, 0.29) is 30.6 Å². The van der Waals surface area contributed by atoms with Crippen LogP contribution in [-0.4, -0.2) is 23.3 Å². The van der Waals surface area contributed by atoms with Crippen molar-refractivity contribution in [3.8, 4) is 0 Å². The highest BCUT2D eigenvalue weighted by molar-refractivity contribution is 5.88. The molecule has 4 nitrogen and oxygen atoms in total. The maximum atomic E-state index is 13.4. The standard InChI is InChI=1S/C26H27FN2O2/c1-2-28-26(31)25(22-11-7-4-8-12-22)29(19-21-13-16-23(27)17-14-21)24(30)18-15-20-9-5-3-6-10-20/h3-14,16-17,25H,2,15,18-19H2,1H3,(H,28,31)/t25-/m1/s1. The summed E-state index contributed by atoms with van der Waals surface area (Å²) in [7, 11) is 0. The number of aryl methyl sites for hydroxylation is 1. The van der Waals surface area contributed by atoms with Gasteiger partial charge in [-0.15, -0.1) is 0 Å². The van der Waals surface area contributed by atoms with Gasteiger partial charge in [0.25, 0.3) is 0 Å². The van der Waals surface area contributed by atoms with Crippen molar-refractivity contribution >= 4 is 11.8 Å². The molecule has 0 saturated heterocycles. The lowest BCUT2D eigenvalue weighted by atomic mass is 10.0. The summed E-state index contributed by atoms with van der Waals surface area (Å²) in [6.45, 7) is 2.52. The first kappa shape index (κ1) is 22.2. The van der Waals surface area contributed by atoms with Crippen LogP contribution in [0.3, 0.4) is 0 Å². The van der Waals surface area contributed by atoms with Gasteiger partial charge in [0, 0.05) is 19.5 Å². The molecular formula is C26H27FN2O2. The Bertz CT molecular complexity index is 975. The molecular weight excluding hydrogens is 391 g/mol. The van der Waals surface area contributed by atoms with Gasteiger partial charge in [0.2, 0.25) is 11.8 Å². The van der Waals surface area contributed by atoms with Crippen LogP contribution in [0, 0.1) is 5.82 Å². The number of hydrogen-bond acceptors (Lipinski definition) is 2. The highest BCUT2D eigenvalue weighted by Gasteiger charge is 2.31. The quantitative estimate of drug-likeness (QED) is 0.549. The fourth-order valence-corrected chi connectivity index (χ4v) is 3.53. The molecule has 0 bridgehead atoms. The molecule has 0 fully saturated rings. The fourth-order valence-electron chi connectivity index (χ4n) is 3.53. The minimum atomic E-state index is -0.769. The molecule has 0 saturated carbocycles. The smallest absolute Gasteiger partial charge is 0.247 e. The van der Waals surface area contributed by atoms with Crippen molar-refractivity contribution < 1.29 is 14.0 Å². The third-order valence-electron chi connectivity index (χ3n) is 5.08. The lowest BCUT2D eigenvalue weighted by Gasteiger charge is -2.31. The Morgan fingerprint density at radius 1 is 0.871 bits per heavy atom.